The van der Waals surface area contributed by atoms with E-state index >= 15 is 0 Å². The number of likely N-dealkylation sites (N-methyl/N-ethyl adjacent to an activating group) is 1. The number of hydroxylamine groups is 2. The van der Waals surface area contributed by atoms with Crippen molar-refractivity contribution in [1.82, 2.24) is 24.6 Å². The summed E-state index contributed by atoms with van der Waals surface area (Å²) in [7, 11) is -0.143. The summed E-state index contributed by atoms with van der Waals surface area (Å²) in [6.07, 6.45) is 1.45. The van der Waals surface area contributed by atoms with Crippen molar-refractivity contribution in [3.05, 3.63) is 17.5 Å². The molecule has 1 saturated heterocycles. The van der Waals surface area contributed by atoms with Crippen LogP contribution in [0.25, 0.3) is 0 Å². The number of aryl methyl sites for hydroxylation is 1. The zero-order valence-corrected chi connectivity index (χ0v) is 16.4. The van der Waals surface area contributed by atoms with Crippen molar-refractivity contribution < 1.29 is 57.8 Å². The Balaban J connectivity index is 0.00000156. The van der Waals surface area contributed by atoms with Crippen LogP contribution in [-0.2, 0) is 26.5 Å². The van der Waals surface area contributed by atoms with E-state index in [1.54, 1.807) is 21.1 Å². The predicted octanol–water partition coefficient (Wildman–Crippen LogP) is -3.81. The van der Waals surface area contributed by atoms with Crippen LogP contribution in [0, 0.1) is 0 Å². The molecule has 0 aromatic carbocycles. The Labute approximate surface area is 161 Å². The molecule has 2 aliphatic rings. The molecule has 1 N–H and O–H groups in total. The van der Waals surface area contributed by atoms with E-state index in [1.165, 1.54) is 20.7 Å². The van der Waals surface area contributed by atoms with Crippen molar-refractivity contribution >= 4 is 22.3 Å². The fraction of sp³-hybridized carbons (Fsp3) is 0.545. The van der Waals surface area contributed by atoms with Crippen molar-refractivity contribution in [3.8, 4) is 0 Å². The number of carbonyl (C=O) groups excluding carboxylic acids is 2. The summed E-state index contributed by atoms with van der Waals surface area (Å²) >= 11 is 0. The Bertz CT molecular complexity index is 799. The number of hydrogen-bond acceptors (Lipinski definition) is 6. The van der Waals surface area contributed by atoms with Gasteiger partial charge in [0.1, 0.15) is 6.04 Å². The minimum atomic E-state index is -4.87. The molecule has 2 atom stereocenters. The first-order chi connectivity index (χ1) is 10.6. The molecule has 0 saturated carbocycles. The van der Waals surface area contributed by atoms with Crippen LogP contribution in [0.2, 0.25) is 0 Å². The maximum absolute atomic E-state index is 12.5. The number of hydrogen-bond donors (Lipinski definition) is 1. The molecule has 2 aliphatic heterocycles. The molecular formula is C11H16N5NaO6S. The standard InChI is InChI=1S/C11H15N5O6S.Na.H/c1-13(2)10(17)9-8-6(4-12-14(8)3)7-5-15(9)11(18)16(7)22-23(19,20)21;;/h4,7,9H,5H2,1-3H3,(H,19,20,21);;/q;+1;-1. The van der Waals surface area contributed by atoms with Crippen LogP contribution in [-0.4, -0.2) is 70.2 Å². The fourth-order valence-electron chi connectivity index (χ4n) is 2.92. The van der Waals surface area contributed by atoms with Crippen LogP contribution in [0.1, 0.15) is 24.8 Å². The molecule has 3 amide bonds. The third kappa shape index (κ3) is 2.93. The number of amides is 3. The van der Waals surface area contributed by atoms with E-state index in [1.807, 2.05) is 0 Å². The summed E-state index contributed by atoms with van der Waals surface area (Å²) in [4.78, 5) is 27.5. The number of aromatic nitrogens is 2. The molecule has 2 unspecified atom stereocenters. The van der Waals surface area contributed by atoms with E-state index in [-0.39, 0.29) is 43.4 Å². The van der Waals surface area contributed by atoms with E-state index in [0.29, 0.717) is 16.3 Å². The smallest absolute Gasteiger partial charge is 1.00 e. The topological polar surface area (TPSA) is 125 Å². The molecule has 2 bridgehead atoms. The first-order valence-electron chi connectivity index (χ1n) is 6.61. The molecule has 0 radical (unpaired) electrons. The van der Waals surface area contributed by atoms with Crippen molar-refractivity contribution in [2.45, 2.75) is 12.1 Å². The third-order valence-corrected chi connectivity index (χ3v) is 4.23. The third-order valence-electron chi connectivity index (χ3n) is 3.88. The molecule has 0 spiro atoms. The Morgan fingerprint density at radius 3 is 2.67 bits per heavy atom. The summed E-state index contributed by atoms with van der Waals surface area (Å²) in [5.74, 6) is -0.352. The Morgan fingerprint density at radius 2 is 2.12 bits per heavy atom. The van der Waals surface area contributed by atoms with Gasteiger partial charge in [-0.25, -0.2) is 4.79 Å². The Morgan fingerprint density at radius 1 is 1.50 bits per heavy atom. The van der Waals surface area contributed by atoms with Gasteiger partial charge < -0.3 is 11.2 Å². The summed E-state index contributed by atoms with van der Waals surface area (Å²) in [6.45, 7) is 0.0529. The van der Waals surface area contributed by atoms with Gasteiger partial charge in [-0.2, -0.15) is 18.6 Å². The summed E-state index contributed by atoms with van der Waals surface area (Å²) in [6, 6.07) is -2.53. The quantitative estimate of drug-likeness (QED) is 0.428. The van der Waals surface area contributed by atoms with Crippen LogP contribution >= 0.6 is 0 Å². The molecule has 3 heterocycles. The number of nitrogens with zero attached hydrogens (tertiary/aromatic N) is 5. The molecular weight excluding hydrogens is 353 g/mol. The van der Waals surface area contributed by atoms with Crippen LogP contribution in [0.15, 0.2) is 6.20 Å². The second kappa shape index (κ2) is 6.28. The van der Waals surface area contributed by atoms with Gasteiger partial charge in [-0.15, -0.1) is 4.28 Å². The van der Waals surface area contributed by atoms with Crippen molar-refractivity contribution in [3.63, 3.8) is 0 Å². The van der Waals surface area contributed by atoms with Gasteiger partial charge in [0.25, 0.3) is 5.91 Å². The van der Waals surface area contributed by atoms with E-state index in [4.69, 9.17) is 4.55 Å². The SMILES string of the molecule is CN(C)C(=O)C1c2c(cnn2C)C2CN1C(=O)N2OS(=O)(=O)O.[H-].[Na+]. The minimum absolute atomic E-state index is 0. The predicted molar refractivity (Wildman–Crippen MR) is 75.1 cm³/mol. The molecule has 24 heavy (non-hydrogen) atoms. The van der Waals surface area contributed by atoms with E-state index in [9.17, 15) is 18.0 Å². The van der Waals surface area contributed by atoms with E-state index < -0.39 is 28.5 Å². The number of fused-ring (bicyclic) bond motifs is 4. The van der Waals surface area contributed by atoms with Crippen LogP contribution in [0.5, 0.6) is 0 Å². The molecule has 11 nitrogen and oxygen atoms in total. The normalized spacial score (nSPS) is 22.2. The first-order valence-corrected chi connectivity index (χ1v) is 7.98. The van der Waals surface area contributed by atoms with Gasteiger partial charge in [-0.1, -0.05) is 0 Å². The summed E-state index contributed by atoms with van der Waals surface area (Å²) < 4.78 is 36.7. The molecule has 3 rings (SSSR count). The van der Waals surface area contributed by atoms with Gasteiger partial charge in [0, 0.05) is 26.7 Å². The van der Waals surface area contributed by atoms with Gasteiger partial charge in [-0.3, -0.25) is 14.0 Å². The van der Waals surface area contributed by atoms with E-state index in [2.05, 4.69) is 9.38 Å². The molecule has 1 aromatic heterocycles. The van der Waals surface area contributed by atoms with Crippen LogP contribution in [0.4, 0.5) is 4.79 Å². The first kappa shape index (κ1) is 19.1. The Kier molecular flexibility index (Phi) is 5.01. The van der Waals surface area contributed by atoms with Gasteiger partial charge >= 0.3 is 46.0 Å². The molecule has 13 heteroatoms. The summed E-state index contributed by atoms with van der Waals surface area (Å²) in [5.41, 5.74) is 0.980. The second-order valence-corrected chi connectivity index (χ2v) is 6.53. The molecule has 1 aromatic rings. The number of urea groups is 1. The Hall–Kier alpha value is -1.18. The molecule has 0 aliphatic carbocycles. The van der Waals surface area contributed by atoms with Gasteiger partial charge in [0.15, 0.2) is 6.04 Å². The maximum Gasteiger partial charge on any atom is 1.00 e. The molecule has 1 fully saturated rings. The monoisotopic (exact) mass is 369 g/mol. The zero-order valence-electron chi connectivity index (χ0n) is 14.6. The minimum Gasteiger partial charge on any atom is -1.00 e. The second-order valence-electron chi connectivity index (χ2n) is 5.52. The summed E-state index contributed by atoms with van der Waals surface area (Å²) in [5, 5.41) is 4.63. The van der Waals surface area contributed by atoms with E-state index in [0.717, 1.165) is 0 Å². The average molecular weight is 369 g/mol. The van der Waals surface area contributed by atoms with Crippen molar-refractivity contribution in [1.29, 1.82) is 0 Å². The van der Waals surface area contributed by atoms with Crippen molar-refractivity contribution in [2.75, 3.05) is 20.6 Å². The van der Waals surface area contributed by atoms with Crippen LogP contribution in [0.3, 0.4) is 0 Å². The van der Waals surface area contributed by atoms with Gasteiger partial charge in [0.05, 0.1) is 18.4 Å². The van der Waals surface area contributed by atoms with Crippen molar-refractivity contribution in [2.24, 2.45) is 7.05 Å². The fourth-order valence-corrected chi connectivity index (χ4v) is 3.29. The maximum atomic E-state index is 12.5. The van der Waals surface area contributed by atoms with Gasteiger partial charge in [-0.05, 0) is 0 Å². The molecule has 128 valence electrons. The largest absolute Gasteiger partial charge is 1.00 e. The van der Waals surface area contributed by atoms with Crippen LogP contribution < -0.4 is 29.6 Å². The zero-order chi connectivity index (χ0) is 17.1. The average Bonchev–Trinajstić information content (AvgIpc) is 2.93. The number of carbonyl (C=O) groups is 2. The van der Waals surface area contributed by atoms with Gasteiger partial charge in [0.2, 0.25) is 0 Å². The number of rotatable bonds is 3.